The fraction of sp³-hybridized carbons (Fsp3) is 0.308. The summed E-state index contributed by atoms with van der Waals surface area (Å²) in [6.07, 6.45) is 3.58. The first-order valence-electron chi connectivity index (χ1n) is 5.99. The lowest BCUT2D eigenvalue weighted by Crippen LogP contribution is -2.07. The second kappa shape index (κ2) is 6.65. The molecule has 2 aromatic heterocycles. The van der Waals surface area contributed by atoms with E-state index in [4.69, 9.17) is 4.74 Å². The molecular weight excluding hydrogens is 242 g/mol. The van der Waals surface area contributed by atoms with Gasteiger partial charge in [0.1, 0.15) is 18.2 Å². The van der Waals surface area contributed by atoms with Gasteiger partial charge in [-0.05, 0) is 11.6 Å². The molecule has 0 aliphatic rings. The predicted octanol–water partition coefficient (Wildman–Crippen LogP) is 1.67. The number of nitrogens with one attached hydrogen (secondary N) is 2. The SMILES string of the molecule is CNc1cc(NCc2cccnc2)nc(COC)n1. The molecule has 2 heterocycles. The van der Waals surface area contributed by atoms with Crippen molar-refractivity contribution in [3.05, 3.63) is 42.0 Å². The molecule has 0 amide bonds. The Bertz CT molecular complexity index is 518. The van der Waals surface area contributed by atoms with E-state index >= 15 is 0 Å². The van der Waals surface area contributed by atoms with E-state index in [1.165, 1.54) is 0 Å². The van der Waals surface area contributed by atoms with E-state index < -0.39 is 0 Å². The van der Waals surface area contributed by atoms with Crippen molar-refractivity contribution in [1.29, 1.82) is 0 Å². The van der Waals surface area contributed by atoms with Crippen molar-refractivity contribution in [2.75, 3.05) is 24.8 Å². The number of methoxy groups -OCH3 is 1. The molecule has 100 valence electrons. The maximum atomic E-state index is 5.05. The summed E-state index contributed by atoms with van der Waals surface area (Å²) in [4.78, 5) is 12.7. The summed E-state index contributed by atoms with van der Waals surface area (Å²) in [5, 5.41) is 6.25. The largest absolute Gasteiger partial charge is 0.377 e. The molecule has 0 atom stereocenters. The van der Waals surface area contributed by atoms with Gasteiger partial charge < -0.3 is 15.4 Å². The van der Waals surface area contributed by atoms with Crippen LogP contribution in [-0.4, -0.2) is 29.1 Å². The summed E-state index contributed by atoms with van der Waals surface area (Å²) < 4.78 is 5.05. The second-order valence-electron chi connectivity index (χ2n) is 3.95. The second-order valence-corrected chi connectivity index (χ2v) is 3.95. The Labute approximate surface area is 112 Å². The summed E-state index contributed by atoms with van der Waals surface area (Å²) in [6, 6.07) is 5.78. The molecular formula is C13H17N5O. The first-order chi connectivity index (χ1) is 9.31. The molecule has 6 heteroatoms. The lowest BCUT2D eigenvalue weighted by Gasteiger charge is -2.09. The minimum Gasteiger partial charge on any atom is -0.377 e. The van der Waals surface area contributed by atoms with Gasteiger partial charge in [-0.3, -0.25) is 4.98 Å². The maximum absolute atomic E-state index is 5.05. The van der Waals surface area contributed by atoms with Gasteiger partial charge in [0.05, 0.1) is 0 Å². The summed E-state index contributed by atoms with van der Waals surface area (Å²) in [5.41, 5.74) is 1.10. The summed E-state index contributed by atoms with van der Waals surface area (Å²) in [5.74, 6) is 2.16. The van der Waals surface area contributed by atoms with Crippen molar-refractivity contribution in [2.45, 2.75) is 13.2 Å². The molecule has 2 rings (SSSR count). The average Bonchev–Trinajstić information content (AvgIpc) is 2.46. The third kappa shape index (κ3) is 3.89. The first kappa shape index (κ1) is 13.2. The van der Waals surface area contributed by atoms with Crippen LogP contribution in [0.15, 0.2) is 30.6 Å². The van der Waals surface area contributed by atoms with Crippen LogP contribution in [0.25, 0.3) is 0 Å². The lowest BCUT2D eigenvalue weighted by atomic mass is 10.3. The fourth-order valence-corrected chi connectivity index (χ4v) is 1.60. The number of hydrogen-bond acceptors (Lipinski definition) is 6. The molecule has 0 spiro atoms. The molecule has 0 aromatic carbocycles. The fourth-order valence-electron chi connectivity index (χ4n) is 1.60. The first-order valence-corrected chi connectivity index (χ1v) is 5.99. The van der Waals surface area contributed by atoms with E-state index in [1.807, 2.05) is 31.4 Å². The highest BCUT2D eigenvalue weighted by Gasteiger charge is 2.03. The zero-order valence-corrected chi connectivity index (χ0v) is 11.1. The topological polar surface area (TPSA) is 72.0 Å². The van der Waals surface area contributed by atoms with E-state index in [9.17, 15) is 0 Å². The van der Waals surface area contributed by atoms with Crippen molar-refractivity contribution < 1.29 is 4.74 Å². The van der Waals surface area contributed by atoms with Gasteiger partial charge >= 0.3 is 0 Å². The molecule has 0 saturated carbocycles. The third-order valence-electron chi connectivity index (χ3n) is 2.50. The minimum atomic E-state index is 0.386. The Kier molecular flexibility index (Phi) is 4.63. The van der Waals surface area contributed by atoms with Gasteiger partial charge in [-0.25, -0.2) is 9.97 Å². The standard InChI is InChI=1S/C13H17N5O/c1-14-11-6-12(18-13(17-11)9-19-2)16-8-10-4-3-5-15-7-10/h3-7H,8-9H2,1-2H3,(H2,14,16,17,18). The van der Waals surface area contributed by atoms with Gasteiger partial charge in [-0.1, -0.05) is 6.07 Å². The van der Waals surface area contributed by atoms with Crippen molar-refractivity contribution in [2.24, 2.45) is 0 Å². The number of aromatic nitrogens is 3. The molecule has 0 unspecified atom stereocenters. The summed E-state index contributed by atoms with van der Waals surface area (Å²) >= 11 is 0. The monoisotopic (exact) mass is 259 g/mol. The lowest BCUT2D eigenvalue weighted by molar-refractivity contribution is 0.178. The molecule has 0 radical (unpaired) electrons. The van der Waals surface area contributed by atoms with Gasteiger partial charge in [0.25, 0.3) is 0 Å². The number of ether oxygens (including phenoxy) is 1. The van der Waals surface area contributed by atoms with Crippen LogP contribution in [-0.2, 0) is 17.9 Å². The zero-order chi connectivity index (χ0) is 13.5. The highest BCUT2D eigenvalue weighted by molar-refractivity contribution is 5.47. The Balaban J connectivity index is 2.08. The normalized spacial score (nSPS) is 10.2. The van der Waals surface area contributed by atoms with Crippen LogP contribution in [0.5, 0.6) is 0 Å². The molecule has 0 aliphatic carbocycles. The van der Waals surface area contributed by atoms with Crippen LogP contribution in [0.4, 0.5) is 11.6 Å². The van der Waals surface area contributed by atoms with Gasteiger partial charge in [0.2, 0.25) is 0 Å². The van der Waals surface area contributed by atoms with Gasteiger partial charge in [0.15, 0.2) is 5.82 Å². The van der Waals surface area contributed by atoms with E-state index in [0.717, 1.165) is 17.2 Å². The van der Waals surface area contributed by atoms with Crippen LogP contribution in [0, 0.1) is 0 Å². The smallest absolute Gasteiger partial charge is 0.158 e. The van der Waals surface area contributed by atoms with Crippen molar-refractivity contribution in [3.63, 3.8) is 0 Å². The summed E-state index contributed by atoms with van der Waals surface area (Å²) in [6.45, 7) is 1.05. The van der Waals surface area contributed by atoms with E-state index in [2.05, 4.69) is 25.6 Å². The molecule has 0 saturated heterocycles. The van der Waals surface area contributed by atoms with Crippen molar-refractivity contribution in [1.82, 2.24) is 15.0 Å². The highest BCUT2D eigenvalue weighted by Crippen LogP contribution is 2.12. The van der Waals surface area contributed by atoms with Crippen LogP contribution >= 0.6 is 0 Å². The van der Waals surface area contributed by atoms with Gasteiger partial charge in [0, 0.05) is 39.2 Å². The van der Waals surface area contributed by atoms with E-state index in [-0.39, 0.29) is 0 Å². The van der Waals surface area contributed by atoms with E-state index in [1.54, 1.807) is 13.3 Å². The predicted molar refractivity (Wildman–Crippen MR) is 73.9 cm³/mol. The number of anilines is 2. The number of hydrogen-bond donors (Lipinski definition) is 2. The molecule has 0 bridgehead atoms. The van der Waals surface area contributed by atoms with Crippen molar-refractivity contribution in [3.8, 4) is 0 Å². The number of rotatable bonds is 6. The van der Waals surface area contributed by atoms with Gasteiger partial charge in [-0.15, -0.1) is 0 Å². The molecule has 19 heavy (non-hydrogen) atoms. The van der Waals surface area contributed by atoms with E-state index in [0.29, 0.717) is 19.0 Å². The van der Waals surface area contributed by atoms with Crippen LogP contribution in [0.3, 0.4) is 0 Å². The molecule has 2 N–H and O–H groups in total. The van der Waals surface area contributed by atoms with Gasteiger partial charge in [-0.2, -0.15) is 0 Å². The Morgan fingerprint density at radius 3 is 2.79 bits per heavy atom. The Hall–Kier alpha value is -2.21. The quantitative estimate of drug-likeness (QED) is 0.822. The van der Waals surface area contributed by atoms with Crippen molar-refractivity contribution >= 4 is 11.6 Å². The number of pyridine rings is 1. The Morgan fingerprint density at radius 2 is 2.11 bits per heavy atom. The van der Waals surface area contributed by atoms with Crippen LogP contribution < -0.4 is 10.6 Å². The van der Waals surface area contributed by atoms with Crippen LogP contribution in [0.2, 0.25) is 0 Å². The average molecular weight is 259 g/mol. The molecule has 2 aromatic rings. The minimum absolute atomic E-state index is 0.386. The summed E-state index contributed by atoms with van der Waals surface area (Å²) in [7, 11) is 3.45. The maximum Gasteiger partial charge on any atom is 0.158 e. The molecule has 0 aliphatic heterocycles. The number of nitrogens with zero attached hydrogens (tertiary/aromatic N) is 3. The zero-order valence-electron chi connectivity index (χ0n) is 11.1. The third-order valence-corrected chi connectivity index (χ3v) is 2.50. The molecule has 0 fully saturated rings. The highest BCUT2D eigenvalue weighted by atomic mass is 16.5. The Morgan fingerprint density at radius 1 is 1.26 bits per heavy atom. The molecule has 6 nitrogen and oxygen atoms in total. The van der Waals surface area contributed by atoms with Crippen LogP contribution in [0.1, 0.15) is 11.4 Å².